The standard InChI is InChI=1S/C14H15F3N2O3/c15-14(16,17)10-1-3-11(4-2-10)18-12(20)8-19-6-5-9(7-19)13(21)22/h1-4,9H,5-8H2,(H,18,20)(H,21,22). The quantitative estimate of drug-likeness (QED) is 0.892. The summed E-state index contributed by atoms with van der Waals surface area (Å²) in [5.41, 5.74) is -0.513. The van der Waals surface area contributed by atoms with Gasteiger partial charge in [-0.05, 0) is 37.2 Å². The number of halogens is 3. The van der Waals surface area contributed by atoms with E-state index in [0.29, 0.717) is 19.5 Å². The minimum Gasteiger partial charge on any atom is -0.481 e. The highest BCUT2D eigenvalue weighted by atomic mass is 19.4. The lowest BCUT2D eigenvalue weighted by Crippen LogP contribution is -2.32. The maximum Gasteiger partial charge on any atom is 0.416 e. The average Bonchev–Trinajstić information content (AvgIpc) is 2.86. The fraction of sp³-hybridized carbons (Fsp3) is 0.429. The Morgan fingerprint density at radius 1 is 1.27 bits per heavy atom. The van der Waals surface area contributed by atoms with E-state index in [9.17, 15) is 22.8 Å². The number of hydrogen-bond donors (Lipinski definition) is 2. The molecule has 1 fully saturated rings. The van der Waals surface area contributed by atoms with Crippen molar-refractivity contribution in [1.82, 2.24) is 4.90 Å². The van der Waals surface area contributed by atoms with Crippen molar-refractivity contribution in [2.24, 2.45) is 5.92 Å². The largest absolute Gasteiger partial charge is 0.481 e. The van der Waals surface area contributed by atoms with Crippen LogP contribution in [0.1, 0.15) is 12.0 Å². The van der Waals surface area contributed by atoms with Crippen molar-refractivity contribution in [3.8, 4) is 0 Å². The van der Waals surface area contributed by atoms with Gasteiger partial charge in [0.1, 0.15) is 0 Å². The van der Waals surface area contributed by atoms with Gasteiger partial charge >= 0.3 is 12.1 Å². The van der Waals surface area contributed by atoms with Crippen LogP contribution in [0.3, 0.4) is 0 Å². The molecule has 2 N–H and O–H groups in total. The van der Waals surface area contributed by atoms with E-state index in [4.69, 9.17) is 5.11 Å². The van der Waals surface area contributed by atoms with Gasteiger partial charge in [0.15, 0.2) is 0 Å². The van der Waals surface area contributed by atoms with Crippen LogP contribution >= 0.6 is 0 Å². The zero-order valence-electron chi connectivity index (χ0n) is 11.6. The van der Waals surface area contributed by atoms with Crippen LogP contribution in [-0.4, -0.2) is 41.5 Å². The van der Waals surface area contributed by atoms with Crippen molar-refractivity contribution < 1.29 is 27.9 Å². The molecule has 120 valence electrons. The normalized spacial score (nSPS) is 19.1. The van der Waals surface area contributed by atoms with Crippen LogP contribution in [0.2, 0.25) is 0 Å². The number of alkyl halides is 3. The Labute approximate surface area is 124 Å². The van der Waals surface area contributed by atoms with Crippen LogP contribution < -0.4 is 5.32 Å². The minimum atomic E-state index is -4.41. The molecule has 1 aliphatic rings. The number of carboxylic acids is 1. The molecule has 8 heteroatoms. The molecule has 1 saturated heterocycles. The number of rotatable bonds is 4. The summed E-state index contributed by atoms with van der Waals surface area (Å²) in [6.45, 7) is 0.831. The number of hydrogen-bond acceptors (Lipinski definition) is 3. The molecule has 1 atom stereocenters. The molecule has 0 spiro atoms. The molecule has 0 radical (unpaired) electrons. The third-order valence-corrected chi connectivity index (χ3v) is 3.48. The van der Waals surface area contributed by atoms with Gasteiger partial charge in [0.05, 0.1) is 18.0 Å². The van der Waals surface area contributed by atoms with E-state index in [2.05, 4.69) is 5.32 Å². The predicted octanol–water partition coefficient (Wildman–Crippen LogP) is 2.05. The third-order valence-electron chi connectivity index (χ3n) is 3.48. The van der Waals surface area contributed by atoms with Crippen LogP contribution in [0.25, 0.3) is 0 Å². The van der Waals surface area contributed by atoms with E-state index >= 15 is 0 Å². The molecule has 22 heavy (non-hydrogen) atoms. The van der Waals surface area contributed by atoms with Gasteiger partial charge in [-0.25, -0.2) is 0 Å². The number of carbonyl (C=O) groups is 2. The van der Waals surface area contributed by atoms with Gasteiger partial charge in [0.25, 0.3) is 0 Å². The molecule has 0 saturated carbocycles. The topological polar surface area (TPSA) is 69.6 Å². The smallest absolute Gasteiger partial charge is 0.416 e. The lowest BCUT2D eigenvalue weighted by atomic mass is 10.1. The number of amides is 1. The minimum absolute atomic E-state index is 0.0187. The summed E-state index contributed by atoms with van der Waals surface area (Å²) in [5.74, 6) is -1.74. The third kappa shape index (κ3) is 4.20. The molecule has 1 aromatic carbocycles. The molecular formula is C14H15F3N2O3. The molecule has 1 aromatic rings. The van der Waals surface area contributed by atoms with Crippen LogP contribution in [0.15, 0.2) is 24.3 Å². The second-order valence-corrected chi connectivity index (χ2v) is 5.18. The van der Waals surface area contributed by atoms with E-state index in [-0.39, 0.29) is 18.1 Å². The monoisotopic (exact) mass is 316 g/mol. The van der Waals surface area contributed by atoms with E-state index < -0.39 is 23.6 Å². The maximum atomic E-state index is 12.4. The Morgan fingerprint density at radius 2 is 1.91 bits per heavy atom. The zero-order chi connectivity index (χ0) is 16.3. The highest BCUT2D eigenvalue weighted by molar-refractivity contribution is 5.92. The summed E-state index contributed by atoms with van der Waals surface area (Å²) in [5, 5.41) is 11.4. The van der Waals surface area contributed by atoms with E-state index in [1.807, 2.05) is 0 Å². The molecule has 0 bridgehead atoms. The summed E-state index contributed by atoms with van der Waals surface area (Å²) in [7, 11) is 0. The molecular weight excluding hydrogens is 301 g/mol. The first-order chi connectivity index (χ1) is 10.3. The van der Waals surface area contributed by atoms with Crippen molar-refractivity contribution in [2.45, 2.75) is 12.6 Å². The first kappa shape index (κ1) is 16.3. The number of nitrogens with zero attached hydrogens (tertiary/aromatic N) is 1. The van der Waals surface area contributed by atoms with Crippen molar-refractivity contribution in [2.75, 3.05) is 25.0 Å². The molecule has 0 aliphatic carbocycles. The molecule has 1 unspecified atom stereocenters. The number of carboxylic acid groups (broad SMARTS) is 1. The lowest BCUT2D eigenvalue weighted by molar-refractivity contribution is -0.141. The molecule has 1 heterocycles. The summed E-state index contributed by atoms with van der Waals surface area (Å²) in [4.78, 5) is 24.3. The SMILES string of the molecule is O=C(CN1CCC(C(=O)O)C1)Nc1ccc(C(F)(F)F)cc1. The zero-order valence-corrected chi connectivity index (χ0v) is 11.6. The number of anilines is 1. The van der Waals surface area contributed by atoms with Crippen LogP contribution in [0.4, 0.5) is 18.9 Å². The summed E-state index contributed by atoms with van der Waals surface area (Å²) < 4.78 is 37.2. The van der Waals surface area contributed by atoms with E-state index in [0.717, 1.165) is 12.1 Å². The lowest BCUT2D eigenvalue weighted by Gasteiger charge is -2.15. The highest BCUT2D eigenvalue weighted by Crippen LogP contribution is 2.29. The number of nitrogens with one attached hydrogen (secondary N) is 1. The highest BCUT2D eigenvalue weighted by Gasteiger charge is 2.30. The molecule has 1 aliphatic heterocycles. The van der Waals surface area contributed by atoms with Crippen LogP contribution in [-0.2, 0) is 15.8 Å². The Kier molecular flexibility index (Phi) is 4.70. The summed E-state index contributed by atoms with van der Waals surface area (Å²) in [6.07, 6.45) is -3.92. The second-order valence-electron chi connectivity index (χ2n) is 5.18. The van der Waals surface area contributed by atoms with Crippen molar-refractivity contribution >= 4 is 17.6 Å². The maximum absolute atomic E-state index is 12.4. The van der Waals surface area contributed by atoms with E-state index in [1.165, 1.54) is 12.1 Å². The number of benzene rings is 1. The Balaban J connectivity index is 1.86. The van der Waals surface area contributed by atoms with Gasteiger partial charge < -0.3 is 10.4 Å². The molecule has 0 aromatic heterocycles. The van der Waals surface area contributed by atoms with Crippen molar-refractivity contribution in [3.05, 3.63) is 29.8 Å². The van der Waals surface area contributed by atoms with Crippen molar-refractivity contribution in [1.29, 1.82) is 0 Å². The first-order valence-electron chi connectivity index (χ1n) is 6.68. The van der Waals surface area contributed by atoms with Gasteiger partial charge in [0, 0.05) is 12.2 Å². The van der Waals surface area contributed by atoms with Gasteiger partial charge in [-0.15, -0.1) is 0 Å². The Morgan fingerprint density at radius 3 is 2.41 bits per heavy atom. The number of aliphatic carboxylic acids is 1. The number of likely N-dealkylation sites (tertiary alicyclic amines) is 1. The first-order valence-corrected chi connectivity index (χ1v) is 6.68. The van der Waals surface area contributed by atoms with Gasteiger partial charge in [-0.3, -0.25) is 14.5 Å². The van der Waals surface area contributed by atoms with Crippen LogP contribution in [0, 0.1) is 5.92 Å². The Bertz CT molecular complexity index is 557. The van der Waals surface area contributed by atoms with E-state index in [1.54, 1.807) is 4.90 Å². The second kappa shape index (κ2) is 6.35. The van der Waals surface area contributed by atoms with Gasteiger partial charge in [-0.2, -0.15) is 13.2 Å². The van der Waals surface area contributed by atoms with Gasteiger partial charge in [-0.1, -0.05) is 0 Å². The summed E-state index contributed by atoms with van der Waals surface area (Å²) >= 11 is 0. The fourth-order valence-electron chi connectivity index (χ4n) is 2.32. The fourth-order valence-corrected chi connectivity index (χ4v) is 2.32. The number of carbonyl (C=O) groups excluding carboxylic acids is 1. The molecule has 5 nitrogen and oxygen atoms in total. The predicted molar refractivity (Wildman–Crippen MR) is 72.3 cm³/mol. The van der Waals surface area contributed by atoms with Crippen LogP contribution in [0.5, 0.6) is 0 Å². The average molecular weight is 316 g/mol. The van der Waals surface area contributed by atoms with Crippen molar-refractivity contribution in [3.63, 3.8) is 0 Å². The van der Waals surface area contributed by atoms with Gasteiger partial charge in [0.2, 0.25) is 5.91 Å². The Hall–Kier alpha value is -2.09. The molecule has 2 rings (SSSR count). The molecule has 1 amide bonds. The summed E-state index contributed by atoms with van der Waals surface area (Å²) in [6, 6.07) is 4.16.